The summed E-state index contributed by atoms with van der Waals surface area (Å²) in [6.07, 6.45) is 5.10. The molecule has 0 fully saturated rings. The minimum Gasteiger partial charge on any atom is -0.383 e. The summed E-state index contributed by atoms with van der Waals surface area (Å²) in [6.45, 7) is 3.80. The van der Waals surface area contributed by atoms with Crippen molar-refractivity contribution >= 4 is 17.1 Å². The highest BCUT2D eigenvalue weighted by Gasteiger charge is 2.14. The number of aromatic nitrogens is 2. The lowest BCUT2D eigenvalue weighted by Gasteiger charge is -2.01. The predicted octanol–water partition coefficient (Wildman–Crippen LogP) is 3.08. The average Bonchev–Trinajstić information content (AvgIpc) is 2.79. The van der Waals surface area contributed by atoms with Gasteiger partial charge in [0, 0.05) is 43.8 Å². The van der Waals surface area contributed by atoms with Gasteiger partial charge in [0.25, 0.3) is 0 Å². The predicted molar refractivity (Wildman–Crippen MR) is 82.0 cm³/mol. The summed E-state index contributed by atoms with van der Waals surface area (Å²) in [5.41, 5.74) is 2.67. The Morgan fingerprint density at radius 3 is 2.65 bits per heavy atom. The Hall–Kier alpha value is -2.01. The number of aryl methyl sites for hydroxylation is 2. The average molecular weight is 287 g/mol. The number of hydrogen-bond acceptors (Lipinski definition) is 5. The van der Waals surface area contributed by atoms with Crippen molar-refractivity contribution in [2.45, 2.75) is 13.8 Å². The van der Waals surface area contributed by atoms with E-state index in [0.717, 1.165) is 22.0 Å². The molecule has 0 unspecified atom stereocenters. The largest absolute Gasteiger partial charge is 0.383 e. The van der Waals surface area contributed by atoms with Crippen LogP contribution >= 0.6 is 11.3 Å². The number of thiazole rings is 1. The molecule has 0 atom stereocenters. The van der Waals surface area contributed by atoms with E-state index in [9.17, 15) is 4.79 Å². The molecule has 5 heteroatoms. The molecule has 4 nitrogen and oxygen atoms in total. The Morgan fingerprint density at radius 2 is 2.05 bits per heavy atom. The summed E-state index contributed by atoms with van der Waals surface area (Å²) in [4.78, 5) is 23.4. The van der Waals surface area contributed by atoms with Gasteiger partial charge in [0.2, 0.25) is 0 Å². The van der Waals surface area contributed by atoms with Crippen molar-refractivity contribution < 1.29 is 4.79 Å². The molecule has 20 heavy (non-hydrogen) atoms. The lowest BCUT2D eigenvalue weighted by molar-refractivity contribution is 0.104. The van der Waals surface area contributed by atoms with Gasteiger partial charge >= 0.3 is 0 Å². The fourth-order valence-electron chi connectivity index (χ4n) is 1.64. The van der Waals surface area contributed by atoms with Crippen molar-refractivity contribution in [2.24, 2.45) is 0 Å². The second-order valence-corrected chi connectivity index (χ2v) is 5.76. The van der Waals surface area contributed by atoms with Crippen molar-refractivity contribution in [3.05, 3.63) is 46.9 Å². The molecule has 0 amide bonds. The summed E-state index contributed by atoms with van der Waals surface area (Å²) in [5, 5.41) is 0.830. The molecule has 0 radical (unpaired) electrons. The highest BCUT2D eigenvalue weighted by Crippen LogP contribution is 2.28. The summed E-state index contributed by atoms with van der Waals surface area (Å²) in [6, 6.07) is 3.92. The molecule has 2 aromatic heterocycles. The van der Waals surface area contributed by atoms with Crippen LogP contribution in [0.5, 0.6) is 0 Å². The molecule has 0 N–H and O–H groups in total. The van der Waals surface area contributed by atoms with Crippen LogP contribution in [0, 0.1) is 13.8 Å². The van der Waals surface area contributed by atoms with Crippen LogP contribution < -0.4 is 0 Å². The summed E-state index contributed by atoms with van der Waals surface area (Å²) >= 11 is 1.41. The number of nitrogens with zero attached hydrogens (tertiary/aromatic N) is 3. The molecule has 104 valence electrons. The van der Waals surface area contributed by atoms with Crippen molar-refractivity contribution in [3.8, 4) is 10.6 Å². The van der Waals surface area contributed by atoms with Gasteiger partial charge in [-0.3, -0.25) is 9.78 Å². The van der Waals surface area contributed by atoms with E-state index in [4.69, 9.17) is 0 Å². The second kappa shape index (κ2) is 5.96. The smallest absolute Gasteiger partial charge is 0.199 e. The molecular weight excluding hydrogens is 270 g/mol. The molecule has 0 saturated heterocycles. The van der Waals surface area contributed by atoms with Gasteiger partial charge in [0.1, 0.15) is 5.01 Å². The number of ketones is 1. The zero-order valence-electron chi connectivity index (χ0n) is 12.0. The second-order valence-electron chi connectivity index (χ2n) is 4.77. The third-order valence-corrected chi connectivity index (χ3v) is 3.92. The minimum atomic E-state index is -0.0139. The van der Waals surface area contributed by atoms with Crippen LogP contribution in [0.25, 0.3) is 10.6 Å². The molecule has 0 spiro atoms. The van der Waals surface area contributed by atoms with Gasteiger partial charge in [0.05, 0.1) is 10.6 Å². The number of pyridine rings is 1. The van der Waals surface area contributed by atoms with Gasteiger partial charge in [-0.2, -0.15) is 0 Å². The highest BCUT2D eigenvalue weighted by molar-refractivity contribution is 7.17. The fourth-order valence-corrected chi connectivity index (χ4v) is 2.61. The van der Waals surface area contributed by atoms with E-state index in [2.05, 4.69) is 9.97 Å². The van der Waals surface area contributed by atoms with Crippen LogP contribution in [0.1, 0.15) is 21.1 Å². The number of allylic oxidation sites excluding steroid dienone is 1. The zero-order chi connectivity index (χ0) is 14.7. The first kappa shape index (κ1) is 14.4. The molecule has 2 heterocycles. The number of rotatable bonds is 4. The van der Waals surface area contributed by atoms with Gasteiger partial charge in [-0.05, 0) is 26.0 Å². The summed E-state index contributed by atoms with van der Waals surface area (Å²) < 4.78 is 0. The van der Waals surface area contributed by atoms with Gasteiger partial charge in [-0.1, -0.05) is 0 Å². The quantitative estimate of drug-likeness (QED) is 0.640. The fraction of sp³-hybridized carbons (Fsp3) is 0.267. The van der Waals surface area contributed by atoms with E-state index in [1.165, 1.54) is 11.3 Å². The van der Waals surface area contributed by atoms with E-state index in [-0.39, 0.29) is 5.78 Å². The molecular formula is C15H17N3OS. The van der Waals surface area contributed by atoms with Crippen LogP contribution in [0.2, 0.25) is 0 Å². The molecule has 0 bridgehead atoms. The Bertz CT molecular complexity index is 642. The Kier molecular flexibility index (Phi) is 4.29. The number of carbonyl (C=O) groups excluding carboxylic acids is 1. The first-order valence-electron chi connectivity index (χ1n) is 6.27. The van der Waals surface area contributed by atoms with Crippen LogP contribution in [0.3, 0.4) is 0 Å². The first-order valence-corrected chi connectivity index (χ1v) is 7.08. The molecule has 0 aromatic carbocycles. The third kappa shape index (κ3) is 3.30. The Balaban J connectivity index is 2.30. The molecule has 0 aliphatic carbocycles. The van der Waals surface area contributed by atoms with Crippen LogP contribution in [0.4, 0.5) is 0 Å². The maximum absolute atomic E-state index is 12.1. The van der Waals surface area contributed by atoms with Gasteiger partial charge in [-0.25, -0.2) is 4.98 Å². The SMILES string of the molecule is Cc1ccc(-c2nc(C)c(C(=O)C=CN(C)C)s2)cn1. The van der Waals surface area contributed by atoms with Gasteiger partial charge in [-0.15, -0.1) is 11.3 Å². The summed E-state index contributed by atoms with van der Waals surface area (Å²) in [5.74, 6) is -0.0139. The van der Waals surface area contributed by atoms with E-state index in [1.807, 2.05) is 45.0 Å². The van der Waals surface area contributed by atoms with Gasteiger partial charge in [0.15, 0.2) is 5.78 Å². The van der Waals surface area contributed by atoms with Crippen molar-refractivity contribution in [2.75, 3.05) is 14.1 Å². The normalized spacial score (nSPS) is 11.0. The molecule has 0 aliphatic rings. The van der Waals surface area contributed by atoms with Crippen LogP contribution in [0.15, 0.2) is 30.6 Å². The lowest BCUT2D eigenvalue weighted by atomic mass is 10.2. The van der Waals surface area contributed by atoms with E-state index in [1.54, 1.807) is 18.5 Å². The summed E-state index contributed by atoms with van der Waals surface area (Å²) in [7, 11) is 3.76. The van der Waals surface area contributed by atoms with E-state index < -0.39 is 0 Å². The minimum absolute atomic E-state index is 0.0139. The van der Waals surface area contributed by atoms with Crippen molar-refractivity contribution in [1.29, 1.82) is 0 Å². The standard InChI is InChI=1S/C15H17N3OS/c1-10-5-6-12(9-16-10)15-17-11(2)14(20-15)13(19)7-8-18(3)4/h5-9H,1-4H3. The molecule has 2 aromatic rings. The third-order valence-electron chi connectivity index (χ3n) is 2.70. The Morgan fingerprint density at radius 1 is 1.30 bits per heavy atom. The highest BCUT2D eigenvalue weighted by atomic mass is 32.1. The zero-order valence-corrected chi connectivity index (χ0v) is 12.9. The number of hydrogen-bond donors (Lipinski definition) is 0. The van der Waals surface area contributed by atoms with Crippen LogP contribution in [-0.2, 0) is 0 Å². The van der Waals surface area contributed by atoms with E-state index >= 15 is 0 Å². The number of carbonyl (C=O) groups is 1. The maximum atomic E-state index is 12.1. The van der Waals surface area contributed by atoms with Gasteiger partial charge < -0.3 is 4.90 Å². The first-order chi connectivity index (χ1) is 9.47. The maximum Gasteiger partial charge on any atom is 0.199 e. The molecule has 0 saturated carbocycles. The van der Waals surface area contributed by atoms with E-state index in [0.29, 0.717) is 4.88 Å². The molecule has 2 rings (SSSR count). The Labute approximate surface area is 122 Å². The topological polar surface area (TPSA) is 46.1 Å². The monoisotopic (exact) mass is 287 g/mol. The van der Waals surface area contributed by atoms with Crippen molar-refractivity contribution in [3.63, 3.8) is 0 Å². The van der Waals surface area contributed by atoms with Crippen LogP contribution in [-0.4, -0.2) is 34.7 Å². The lowest BCUT2D eigenvalue weighted by Crippen LogP contribution is -2.02. The van der Waals surface area contributed by atoms with Crippen molar-refractivity contribution in [1.82, 2.24) is 14.9 Å². The molecule has 0 aliphatic heterocycles.